The number of hydrogen-bond acceptors (Lipinski definition) is 3. The summed E-state index contributed by atoms with van der Waals surface area (Å²) in [7, 11) is 4.39. The standard InChI is InChI=1S/C17H28FN3/c1-14(7-8-15-5-4-6-16(18)11-15)19-12-17-13-20(2)9-10-21(17)3/h4-6,11,14,17,19H,7-10,12-13H2,1-3H3/t14-,17-/m0/s1. The fourth-order valence-electron chi connectivity index (χ4n) is 2.84. The lowest BCUT2D eigenvalue weighted by Crippen LogP contribution is -2.54. The Bertz CT molecular complexity index is 438. The van der Waals surface area contributed by atoms with E-state index in [-0.39, 0.29) is 5.82 Å². The zero-order valence-electron chi connectivity index (χ0n) is 13.5. The summed E-state index contributed by atoms with van der Waals surface area (Å²) in [5, 5.41) is 3.63. The van der Waals surface area contributed by atoms with Crippen LogP contribution in [0.25, 0.3) is 0 Å². The molecular weight excluding hydrogens is 265 g/mol. The van der Waals surface area contributed by atoms with Gasteiger partial charge in [-0.1, -0.05) is 12.1 Å². The van der Waals surface area contributed by atoms with Crippen LogP contribution in [0.15, 0.2) is 24.3 Å². The number of piperazine rings is 1. The summed E-state index contributed by atoms with van der Waals surface area (Å²) in [6.07, 6.45) is 1.96. The summed E-state index contributed by atoms with van der Waals surface area (Å²) in [6, 6.07) is 7.96. The van der Waals surface area contributed by atoms with Gasteiger partial charge in [-0.05, 0) is 51.6 Å². The lowest BCUT2D eigenvalue weighted by atomic mass is 10.1. The highest BCUT2D eigenvalue weighted by Crippen LogP contribution is 2.09. The zero-order chi connectivity index (χ0) is 15.2. The van der Waals surface area contributed by atoms with E-state index in [0.29, 0.717) is 12.1 Å². The Kier molecular flexibility index (Phi) is 6.15. The van der Waals surface area contributed by atoms with Gasteiger partial charge >= 0.3 is 0 Å². The van der Waals surface area contributed by atoms with Gasteiger partial charge in [-0.25, -0.2) is 4.39 Å². The van der Waals surface area contributed by atoms with Gasteiger partial charge in [0.1, 0.15) is 5.82 Å². The molecular formula is C17H28FN3. The number of benzene rings is 1. The molecule has 1 fully saturated rings. The van der Waals surface area contributed by atoms with Crippen LogP contribution in [0.4, 0.5) is 4.39 Å². The number of hydrogen-bond donors (Lipinski definition) is 1. The summed E-state index contributed by atoms with van der Waals surface area (Å²) in [4.78, 5) is 4.83. The molecule has 0 amide bonds. The van der Waals surface area contributed by atoms with Gasteiger partial charge in [0.15, 0.2) is 0 Å². The van der Waals surface area contributed by atoms with Crippen LogP contribution in [0.1, 0.15) is 18.9 Å². The van der Waals surface area contributed by atoms with Crippen molar-refractivity contribution in [3.63, 3.8) is 0 Å². The van der Waals surface area contributed by atoms with Crippen LogP contribution in [0, 0.1) is 5.82 Å². The maximum atomic E-state index is 13.1. The maximum absolute atomic E-state index is 13.1. The molecule has 2 atom stereocenters. The predicted octanol–water partition coefficient (Wildman–Crippen LogP) is 1.98. The van der Waals surface area contributed by atoms with Crippen molar-refractivity contribution < 1.29 is 4.39 Å². The molecule has 1 aromatic rings. The molecule has 0 aliphatic carbocycles. The molecule has 2 rings (SSSR count). The third kappa shape index (κ3) is 5.38. The minimum Gasteiger partial charge on any atom is -0.313 e. The molecule has 0 saturated carbocycles. The van der Waals surface area contributed by atoms with E-state index in [1.807, 2.05) is 6.07 Å². The van der Waals surface area contributed by atoms with Crippen molar-refractivity contribution >= 4 is 0 Å². The molecule has 118 valence electrons. The van der Waals surface area contributed by atoms with Crippen LogP contribution >= 0.6 is 0 Å². The van der Waals surface area contributed by atoms with E-state index < -0.39 is 0 Å². The Morgan fingerprint density at radius 3 is 2.90 bits per heavy atom. The summed E-state index contributed by atoms with van der Waals surface area (Å²) >= 11 is 0. The van der Waals surface area contributed by atoms with Gasteiger partial charge in [-0.3, -0.25) is 4.90 Å². The second-order valence-electron chi connectivity index (χ2n) is 6.37. The highest BCUT2D eigenvalue weighted by atomic mass is 19.1. The second-order valence-corrected chi connectivity index (χ2v) is 6.37. The first-order valence-electron chi connectivity index (χ1n) is 7.91. The van der Waals surface area contributed by atoms with Crippen LogP contribution < -0.4 is 5.32 Å². The Hall–Kier alpha value is -0.970. The first-order chi connectivity index (χ1) is 10.0. The van der Waals surface area contributed by atoms with E-state index >= 15 is 0 Å². The molecule has 0 bridgehead atoms. The third-order valence-electron chi connectivity index (χ3n) is 4.44. The number of likely N-dealkylation sites (N-methyl/N-ethyl adjacent to an activating group) is 2. The molecule has 4 heteroatoms. The molecule has 21 heavy (non-hydrogen) atoms. The Morgan fingerprint density at radius 2 is 2.14 bits per heavy atom. The number of aryl methyl sites for hydroxylation is 1. The van der Waals surface area contributed by atoms with Crippen LogP contribution in [0.2, 0.25) is 0 Å². The number of nitrogens with one attached hydrogen (secondary N) is 1. The van der Waals surface area contributed by atoms with Crippen molar-refractivity contribution in [2.45, 2.75) is 31.8 Å². The molecule has 0 aromatic heterocycles. The summed E-state index contributed by atoms with van der Waals surface area (Å²) in [6.45, 7) is 6.65. The summed E-state index contributed by atoms with van der Waals surface area (Å²) < 4.78 is 13.1. The van der Waals surface area contributed by atoms with Crippen molar-refractivity contribution in [2.75, 3.05) is 40.3 Å². The number of nitrogens with zero attached hydrogens (tertiary/aromatic N) is 2. The number of rotatable bonds is 6. The van der Waals surface area contributed by atoms with E-state index in [1.54, 1.807) is 12.1 Å². The average Bonchev–Trinajstić information content (AvgIpc) is 2.46. The zero-order valence-corrected chi connectivity index (χ0v) is 13.5. The van der Waals surface area contributed by atoms with Crippen LogP contribution in [-0.4, -0.2) is 62.2 Å². The summed E-state index contributed by atoms with van der Waals surface area (Å²) in [5.74, 6) is -0.139. The molecule has 1 saturated heterocycles. The third-order valence-corrected chi connectivity index (χ3v) is 4.44. The van der Waals surface area contributed by atoms with Crippen LogP contribution in [-0.2, 0) is 6.42 Å². The minimum atomic E-state index is -0.139. The SMILES string of the molecule is C[C@@H](CCc1cccc(F)c1)NC[C@H]1CN(C)CCN1C. The van der Waals surface area contributed by atoms with Gasteiger partial charge < -0.3 is 10.2 Å². The smallest absolute Gasteiger partial charge is 0.123 e. The van der Waals surface area contributed by atoms with Crippen molar-refractivity contribution in [3.8, 4) is 0 Å². The topological polar surface area (TPSA) is 18.5 Å². The van der Waals surface area contributed by atoms with Crippen LogP contribution in [0.5, 0.6) is 0 Å². The maximum Gasteiger partial charge on any atom is 0.123 e. The Balaban J connectivity index is 1.70. The molecule has 1 aliphatic heterocycles. The lowest BCUT2D eigenvalue weighted by molar-refractivity contribution is 0.111. The fraction of sp³-hybridized carbons (Fsp3) is 0.647. The fourth-order valence-corrected chi connectivity index (χ4v) is 2.84. The van der Waals surface area contributed by atoms with Crippen molar-refractivity contribution in [1.29, 1.82) is 0 Å². The molecule has 1 aromatic carbocycles. The lowest BCUT2D eigenvalue weighted by Gasteiger charge is -2.38. The number of halogens is 1. The largest absolute Gasteiger partial charge is 0.313 e. The summed E-state index contributed by atoms with van der Waals surface area (Å²) in [5.41, 5.74) is 1.08. The van der Waals surface area contributed by atoms with E-state index in [9.17, 15) is 4.39 Å². The van der Waals surface area contributed by atoms with Gasteiger partial charge in [-0.15, -0.1) is 0 Å². The first kappa shape index (κ1) is 16.4. The molecule has 1 N–H and O–H groups in total. The van der Waals surface area contributed by atoms with Gasteiger partial charge in [0.25, 0.3) is 0 Å². The second kappa shape index (κ2) is 7.87. The van der Waals surface area contributed by atoms with Crippen molar-refractivity contribution in [3.05, 3.63) is 35.6 Å². The Morgan fingerprint density at radius 1 is 1.33 bits per heavy atom. The van der Waals surface area contributed by atoms with Crippen molar-refractivity contribution in [2.24, 2.45) is 0 Å². The normalized spacial score (nSPS) is 22.4. The predicted molar refractivity (Wildman–Crippen MR) is 86.1 cm³/mol. The highest BCUT2D eigenvalue weighted by molar-refractivity contribution is 5.16. The minimum absolute atomic E-state index is 0.139. The van der Waals surface area contributed by atoms with Crippen LogP contribution in [0.3, 0.4) is 0 Å². The van der Waals surface area contributed by atoms with Gasteiger partial charge in [0.05, 0.1) is 0 Å². The van der Waals surface area contributed by atoms with E-state index in [0.717, 1.165) is 44.6 Å². The van der Waals surface area contributed by atoms with Gasteiger partial charge in [-0.2, -0.15) is 0 Å². The van der Waals surface area contributed by atoms with E-state index in [4.69, 9.17) is 0 Å². The highest BCUT2D eigenvalue weighted by Gasteiger charge is 2.22. The molecule has 0 unspecified atom stereocenters. The first-order valence-corrected chi connectivity index (χ1v) is 7.91. The molecule has 1 aliphatic rings. The monoisotopic (exact) mass is 293 g/mol. The molecule has 1 heterocycles. The van der Waals surface area contributed by atoms with Gasteiger partial charge in [0.2, 0.25) is 0 Å². The van der Waals surface area contributed by atoms with Gasteiger partial charge in [0, 0.05) is 38.3 Å². The quantitative estimate of drug-likeness (QED) is 0.865. The molecule has 0 spiro atoms. The Labute approximate surface area is 128 Å². The molecule has 3 nitrogen and oxygen atoms in total. The van der Waals surface area contributed by atoms with Crippen molar-refractivity contribution in [1.82, 2.24) is 15.1 Å². The molecule has 0 radical (unpaired) electrons. The average molecular weight is 293 g/mol. The van der Waals surface area contributed by atoms with E-state index in [2.05, 4.69) is 36.1 Å². The van der Waals surface area contributed by atoms with E-state index in [1.165, 1.54) is 6.07 Å².